The van der Waals surface area contributed by atoms with Gasteiger partial charge in [-0.2, -0.15) is 0 Å². The summed E-state index contributed by atoms with van der Waals surface area (Å²) < 4.78 is 8.30. The number of likely N-dealkylation sites (N-methyl/N-ethyl adjacent to an activating group) is 1. The second-order valence-electron chi connectivity index (χ2n) is 4.56. The van der Waals surface area contributed by atoms with Crippen LogP contribution in [0.25, 0.3) is 0 Å². The molecule has 1 aliphatic heterocycles. The van der Waals surface area contributed by atoms with Crippen LogP contribution in [0.1, 0.15) is 21.1 Å². The maximum absolute atomic E-state index is 12.3. The Morgan fingerprint density at radius 1 is 1.53 bits per heavy atom. The number of fused-ring (bicyclic) bond motifs is 1. The Morgan fingerprint density at radius 3 is 2.94 bits per heavy atom. The van der Waals surface area contributed by atoms with Crippen LogP contribution in [0.15, 0.2) is 16.7 Å². The Hall–Kier alpha value is -1.10. The van der Waals surface area contributed by atoms with Crippen LogP contribution >= 0.6 is 15.9 Å². The second-order valence-corrected chi connectivity index (χ2v) is 5.37. The first-order chi connectivity index (χ1) is 8.63. The maximum atomic E-state index is 12.3. The molecule has 1 fully saturated rings. The molecule has 0 bridgehead atoms. The summed E-state index contributed by atoms with van der Waals surface area (Å²) in [7, 11) is -0.0575. The van der Waals surface area contributed by atoms with Gasteiger partial charge in [-0.1, -0.05) is 0 Å². The molecule has 3 rings (SSSR count). The van der Waals surface area contributed by atoms with E-state index in [1.807, 2.05) is 19.1 Å². The number of pyridine rings is 1. The molecule has 1 atom stereocenters. The lowest BCUT2D eigenvalue weighted by atomic mass is 10.1. The van der Waals surface area contributed by atoms with E-state index in [4.69, 9.17) is 1.37 Å². The van der Waals surface area contributed by atoms with Crippen LogP contribution in [-0.2, 0) is 4.79 Å². The normalized spacial score (nSPS) is 24.7. The molecule has 1 aromatic heterocycles. The fourth-order valence-electron chi connectivity index (χ4n) is 2.31. The Morgan fingerprint density at radius 2 is 2.29 bits per heavy atom. The topological polar surface area (TPSA) is 36.4 Å². The minimum Gasteiger partial charge on any atom is -0.340 e. The molecule has 4 nitrogen and oxygen atoms in total. The van der Waals surface area contributed by atoms with Crippen molar-refractivity contribution < 1.29 is 6.17 Å². The first-order valence-electron chi connectivity index (χ1n) is 6.39. The summed E-state index contributed by atoms with van der Waals surface area (Å²) in [6.45, 7) is 1.90. The molecule has 90 valence electrons. The van der Waals surface area contributed by atoms with Gasteiger partial charge in [-0.25, -0.2) is 4.98 Å². The summed E-state index contributed by atoms with van der Waals surface area (Å²) in [6, 6.07) is 3.88. The van der Waals surface area contributed by atoms with Crippen molar-refractivity contribution in [1.82, 2.24) is 4.98 Å². The average Bonchev–Trinajstić information content (AvgIpc) is 3.16. The molecular formula is C12H14BrN3O. The van der Waals surface area contributed by atoms with Gasteiger partial charge >= 0.3 is 0 Å². The average molecular weight is 297 g/mol. The van der Waals surface area contributed by atoms with Gasteiger partial charge in [0.15, 0.2) is 5.82 Å². The number of rotatable bonds is 1. The van der Waals surface area contributed by atoms with Crippen molar-refractivity contribution in [2.45, 2.75) is 31.8 Å². The molecular weight excluding hydrogens is 282 g/mol. The molecule has 1 amide bonds. The molecule has 5 heteroatoms. The number of anilines is 2. The summed E-state index contributed by atoms with van der Waals surface area (Å²) in [5, 5.41) is 0. The zero-order valence-corrected chi connectivity index (χ0v) is 11.1. The third-order valence-electron chi connectivity index (χ3n) is 3.34. The number of hydrogen-bond donors (Lipinski definition) is 0. The van der Waals surface area contributed by atoms with Gasteiger partial charge in [-0.15, -0.1) is 0 Å². The summed E-state index contributed by atoms with van der Waals surface area (Å²) in [4.78, 5) is 20.4. The molecule has 1 aromatic rings. The van der Waals surface area contributed by atoms with Crippen LogP contribution in [0.2, 0.25) is 0 Å². The van der Waals surface area contributed by atoms with E-state index in [-0.39, 0.29) is 19.0 Å². The standard InChI is InChI=1S/C12H14BrN3O/c1-7-12(17)15(2)9-5-6-10(13)14-11(9)16(7)8-3-4-8/h5-8H,3-4H2,1-2H3/i2D. The Kier molecular flexibility index (Phi) is 2.15. The predicted octanol–water partition coefficient (Wildman–Crippen LogP) is 2.18. The van der Waals surface area contributed by atoms with Crippen LogP contribution < -0.4 is 9.80 Å². The molecule has 1 saturated carbocycles. The lowest BCUT2D eigenvalue weighted by Crippen LogP contribution is -2.52. The van der Waals surface area contributed by atoms with E-state index in [2.05, 4.69) is 25.8 Å². The van der Waals surface area contributed by atoms with E-state index in [1.54, 1.807) is 0 Å². The monoisotopic (exact) mass is 296 g/mol. The molecule has 0 N–H and O–H groups in total. The van der Waals surface area contributed by atoms with E-state index in [0.717, 1.165) is 29.0 Å². The zero-order chi connectivity index (χ0) is 12.9. The molecule has 1 unspecified atom stereocenters. The van der Waals surface area contributed by atoms with Crippen molar-refractivity contribution in [1.29, 1.82) is 0 Å². The Balaban J connectivity index is 2.14. The third kappa shape index (κ3) is 1.64. The summed E-state index contributed by atoms with van der Waals surface area (Å²) >= 11 is 3.38. The van der Waals surface area contributed by atoms with E-state index >= 15 is 0 Å². The zero-order valence-electron chi connectivity index (χ0n) is 10.6. The van der Waals surface area contributed by atoms with Crippen molar-refractivity contribution in [3.05, 3.63) is 16.7 Å². The summed E-state index contributed by atoms with van der Waals surface area (Å²) in [6.07, 6.45) is 2.23. The minimum absolute atomic E-state index is 0.00600. The van der Waals surface area contributed by atoms with E-state index in [9.17, 15) is 4.79 Å². The van der Waals surface area contributed by atoms with E-state index < -0.39 is 0 Å². The fourth-order valence-corrected chi connectivity index (χ4v) is 2.61. The second kappa shape index (κ2) is 3.70. The van der Waals surface area contributed by atoms with Crippen molar-refractivity contribution in [3.63, 3.8) is 0 Å². The van der Waals surface area contributed by atoms with Crippen LogP contribution in [0.5, 0.6) is 0 Å². The number of halogens is 1. The quantitative estimate of drug-likeness (QED) is 0.746. The van der Waals surface area contributed by atoms with Gasteiger partial charge in [-0.05, 0) is 47.8 Å². The number of amides is 1. The molecule has 2 heterocycles. The lowest BCUT2D eigenvalue weighted by molar-refractivity contribution is -0.119. The number of carbonyl (C=O) groups excluding carboxylic acids is 1. The van der Waals surface area contributed by atoms with Gasteiger partial charge < -0.3 is 9.80 Å². The number of aromatic nitrogens is 1. The van der Waals surface area contributed by atoms with E-state index in [1.165, 1.54) is 4.90 Å². The van der Waals surface area contributed by atoms with Crippen LogP contribution in [-0.4, -0.2) is 30.0 Å². The Labute approximate surface area is 110 Å². The van der Waals surface area contributed by atoms with Gasteiger partial charge in [0.05, 0.1) is 5.69 Å². The Bertz CT molecular complexity index is 506. The van der Waals surface area contributed by atoms with Gasteiger partial charge in [-0.3, -0.25) is 4.79 Å². The predicted molar refractivity (Wildman–Crippen MR) is 70.3 cm³/mol. The van der Waals surface area contributed by atoms with Crippen molar-refractivity contribution in [2.75, 3.05) is 16.8 Å². The molecule has 0 radical (unpaired) electrons. The number of carbonyl (C=O) groups is 1. The van der Waals surface area contributed by atoms with Gasteiger partial charge in [0, 0.05) is 14.4 Å². The SMILES string of the molecule is [2H]CN1C(=O)C(C)N(C2CC2)c2nc(Br)ccc21. The molecule has 17 heavy (non-hydrogen) atoms. The first-order valence-corrected chi connectivity index (χ1v) is 6.48. The largest absolute Gasteiger partial charge is 0.340 e. The van der Waals surface area contributed by atoms with Gasteiger partial charge in [0.25, 0.3) is 0 Å². The van der Waals surface area contributed by atoms with Crippen molar-refractivity contribution >= 4 is 33.3 Å². The molecule has 0 spiro atoms. The molecule has 2 aliphatic rings. The number of hydrogen-bond acceptors (Lipinski definition) is 3. The minimum atomic E-state index is -0.225. The summed E-state index contributed by atoms with van der Waals surface area (Å²) in [5.41, 5.74) is 0.753. The van der Waals surface area contributed by atoms with Crippen LogP contribution in [0, 0.1) is 0 Å². The molecule has 0 saturated heterocycles. The molecule has 1 aliphatic carbocycles. The molecule has 0 aromatic carbocycles. The van der Waals surface area contributed by atoms with Crippen LogP contribution in [0.3, 0.4) is 0 Å². The maximum Gasteiger partial charge on any atom is 0.249 e. The lowest BCUT2D eigenvalue weighted by Gasteiger charge is -2.39. The van der Waals surface area contributed by atoms with Gasteiger partial charge in [0.2, 0.25) is 5.91 Å². The van der Waals surface area contributed by atoms with Crippen LogP contribution in [0.4, 0.5) is 11.5 Å². The summed E-state index contributed by atoms with van der Waals surface area (Å²) in [5.74, 6) is 0.819. The van der Waals surface area contributed by atoms with Gasteiger partial charge in [0.1, 0.15) is 10.6 Å². The van der Waals surface area contributed by atoms with Crippen molar-refractivity contribution in [3.8, 4) is 0 Å². The number of nitrogens with zero attached hydrogens (tertiary/aromatic N) is 3. The fraction of sp³-hybridized carbons (Fsp3) is 0.500. The highest BCUT2D eigenvalue weighted by atomic mass is 79.9. The third-order valence-corrected chi connectivity index (χ3v) is 3.78. The highest BCUT2D eigenvalue weighted by Crippen LogP contribution is 2.41. The van der Waals surface area contributed by atoms with E-state index in [0.29, 0.717) is 6.04 Å². The smallest absolute Gasteiger partial charge is 0.249 e. The van der Waals surface area contributed by atoms with Crippen molar-refractivity contribution in [2.24, 2.45) is 0 Å². The highest BCUT2D eigenvalue weighted by Gasteiger charge is 2.42. The first kappa shape index (κ1) is 9.88. The highest BCUT2D eigenvalue weighted by molar-refractivity contribution is 9.10.